The summed E-state index contributed by atoms with van der Waals surface area (Å²) < 4.78 is 0. The highest BCUT2D eigenvalue weighted by molar-refractivity contribution is 5.53. The number of H-pyrrole nitrogens is 1. The van der Waals surface area contributed by atoms with Gasteiger partial charge in [-0.1, -0.05) is 0 Å². The molecule has 0 bridgehead atoms. The predicted molar refractivity (Wildman–Crippen MR) is 43.2 cm³/mol. The first kappa shape index (κ1) is 6.97. The zero-order valence-corrected chi connectivity index (χ0v) is 6.57. The van der Waals surface area contributed by atoms with Gasteiger partial charge in [-0.25, -0.2) is 0 Å². The van der Waals surface area contributed by atoms with Crippen molar-refractivity contribution in [2.45, 2.75) is 6.92 Å². The fourth-order valence-corrected chi connectivity index (χ4v) is 1.00. The minimum atomic E-state index is 0.723. The standard InChI is InChI=1S/C8H7N4/c1-6-4-7(2-3-9-6)8-10-5-11-12-8/h2-4H,1H3,(H,10,11,12). The van der Waals surface area contributed by atoms with Gasteiger partial charge in [-0.3, -0.25) is 4.98 Å². The number of aromatic amines is 1. The maximum Gasteiger partial charge on any atom is 0.199 e. The van der Waals surface area contributed by atoms with E-state index >= 15 is 0 Å². The van der Waals surface area contributed by atoms with E-state index in [-0.39, 0.29) is 0 Å². The van der Waals surface area contributed by atoms with Crippen LogP contribution in [0.3, 0.4) is 0 Å². The smallest absolute Gasteiger partial charge is 0.199 e. The van der Waals surface area contributed by atoms with E-state index in [9.17, 15) is 0 Å². The molecule has 0 aliphatic rings. The van der Waals surface area contributed by atoms with Gasteiger partial charge in [0.05, 0.1) is 0 Å². The Labute approximate surface area is 69.7 Å². The fraction of sp³-hybridized carbons (Fsp3) is 0.125. The third-order valence-corrected chi connectivity index (χ3v) is 1.54. The second-order valence-electron chi connectivity index (χ2n) is 2.47. The normalized spacial score (nSPS) is 10.1. The monoisotopic (exact) mass is 159 g/mol. The van der Waals surface area contributed by atoms with Crippen LogP contribution >= 0.6 is 0 Å². The molecule has 2 aromatic rings. The van der Waals surface area contributed by atoms with Gasteiger partial charge in [0, 0.05) is 17.5 Å². The summed E-state index contributed by atoms with van der Waals surface area (Å²) in [5, 5.41) is 7.42. The summed E-state index contributed by atoms with van der Waals surface area (Å²) in [7, 11) is 0. The lowest BCUT2D eigenvalue weighted by Crippen LogP contribution is -1.84. The minimum absolute atomic E-state index is 0.723. The SMILES string of the molecule is Cc1cc(-c2nn[c][nH]2)ccn1. The molecule has 1 N–H and O–H groups in total. The molecule has 12 heavy (non-hydrogen) atoms. The molecule has 4 heteroatoms. The number of nitrogens with one attached hydrogen (secondary N) is 1. The van der Waals surface area contributed by atoms with Crippen molar-refractivity contribution >= 4 is 0 Å². The molecule has 2 rings (SSSR count). The number of pyridine rings is 1. The van der Waals surface area contributed by atoms with Gasteiger partial charge in [0.2, 0.25) is 0 Å². The molecule has 0 spiro atoms. The van der Waals surface area contributed by atoms with Crippen molar-refractivity contribution in [3.63, 3.8) is 0 Å². The molecular weight excluding hydrogens is 152 g/mol. The molecule has 0 aliphatic carbocycles. The first-order valence-corrected chi connectivity index (χ1v) is 3.58. The van der Waals surface area contributed by atoms with Gasteiger partial charge in [-0.05, 0) is 19.1 Å². The first-order chi connectivity index (χ1) is 5.86. The average Bonchev–Trinajstić information content (AvgIpc) is 2.56. The van der Waals surface area contributed by atoms with Gasteiger partial charge in [0.15, 0.2) is 12.2 Å². The van der Waals surface area contributed by atoms with E-state index < -0.39 is 0 Å². The van der Waals surface area contributed by atoms with Crippen LogP contribution in [0.15, 0.2) is 18.3 Å². The molecule has 0 atom stereocenters. The maximum atomic E-state index is 4.08. The van der Waals surface area contributed by atoms with Gasteiger partial charge in [-0.2, -0.15) is 0 Å². The van der Waals surface area contributed by atoms with Gasteiger partial charge in [0.25, 0.3) is 0 Å². The van der Waals surface area contributed by atoms with Gasteiger partial charge in [0.1, 0.15) is 0 Å². The Morgan fingerprint density at radius 2 is 2.42 bits per heavy atom. The third-order valence-electron chi connectivity index (χ3n) is 1.54. The highest BCUT2D eigenvalue weighted by Crippen LogP contribution is 2.12. The summed E-state index contributed by atoms with van der Waals surface area (Å²) >= 11 is 0. The van der Waals surface area contributed by atoms with Gasteiger partial charge >= 0.3 is 0 Å². The van der Waals surface area contributed by atoms with Crippen LogP contribution in [0.5, 0.6) is 0 Å². The summed E-state index contributed by atoms with van der Waals surface area (Å²) in [6.45, 7) is 1.93. The summed E-state index contributed by atoms with van der Waals surface area (Å²) in [6, 6.07) is 3.82. The predicted octanol–water partition coefficient (Wildman–Crippen LogP) is 0.975. The Morgan fingerprint density at radius 1 is 1.50 bits per heavy atom. The van der Waals surface area contributed by atoms with Crippen molar-refractivity contribution in [1.82, 2.24) is 20.2 Å². The Morgan fingerprint density at radius 3 is 3.08 bits per heavy atom. The zero-order chi connectivity index (χ0) is 8.39. The molecule has 0 fully saturated rings. The summed E-state index contributed by atoms with van der Waals surface area (Å²) in [5.41, 5.74) is 1.94. The second-order valence-corrected chi connectivity index (χ2v) is 2.47. The van der Waals surface area contributed by atoms with E-state index in [0.29, 0.717) is 0 Å². The van der Waals surface area contributed by atoms with E-state index in [4.69, 9.17) is 0 Å². The minimum Gasteiger partial charge on any atom is -0.318 e. The van der Waals surface area contributed by atoms with Crippen LogP contribution in [0.25, 0.3) is 11.4 Å². The molecule has 0 aromatic carbocycles. The number of nitrogens with zero attached hydrogens (tertiary/aromatic N) is 3. The van der Waals surface area contributed by atoms with Crippen molar-refractivity contribution in [3.8, 4) is 11.4 Å². The van der Waals surface area contributed by atoms with Crippen LogP contribution in [0.4, 0.5) is 0 Å². The number of rotatable bonds is 1. The maximum absolute atomic E-state index is 4.08. The van der Waals surface area contributed by atoms with E-state index in [1.165, 1.54) is 0 Å². The number of aromatic nitrogens is 4. The second kappa shape index (κ2) is 2.73. The van der Waals surface area contributed by atoms with Crippen molar-refractivity contribution in [2.24, 2.45) is 0 Å². The summed E-state index contributed by atoms with van der Waals surface area (Å²) in [6.07, 6.45) is 4.28. The van der Waals surface area contributed by atoms with E-state index in [1.54, 1.807) is 6.20 Å². The van der Waals surface area contributed by atoms with Crippen LogP contribution in [-0.4, -0.2) is 20.2 Å². The molecular formula is C8H7N4. The van der Waals surface area contributed by atoms with Crippen molar-refractivity contribution in [2.75, 3.05) is 0 Å². The quantitative estimate of drug-likeness (QED) is 0.674. The molecule has 0 unspecified atom stereocenters. The largest absolute Gasteiger partial charge is 0.318 e. The van der Waals surface area contributed by atoms with E-state index in [1.807, 2.05) is 19.1 Å². The number of hydrogen-bond donors (Lipinski definition) is 1. The van der Waals surface area contributed by atoms with Gasteiger partial charge in [-0.15, -0.1) is 10.2 Å². The van der Waals surface area contributed by atoms with Crippen molar-refractivity contribution < 1.29 is 0 Å². The molecule has 0 saturated carbocycles. The molecule has 2 aromatic heterocycles. The molecule has 1 radical (unpaired) electrons. The molecule has 0 saturated heterocycles. The van der Waals surface area contributed by atoms with Crippen LogP contribution in [-0.2, 0) is 0 Å². The Balaban J connectivity index is 2.48. The van der Waals surface area contributed by atoms with Gasteiger partial charge < -0.3 is 4.98 Å². The van der Waals surface area contributed by atoms with Crippen LogP contribution in [0.2, 0.25) is 0 Å². The summed E-state index contributed by atoms with van der Waals surface area (Å²) in [4.78, 5) is 6.88. The van der Waals surface area contributed by atoms with E-state index in [2.05, 4.69) is 26.5 Å². The molecule has 2 heterocycles. The molecule has 0 amide bonds. The lowest BCUT2D eigenvalue weighted by atomic mass is 10.2. The Hall–Kier alpha value is -1.71. The van der Waals surface area contributed by atoms with Crippen molar-refractivity contribution in [3.05, 3.63) is 30.4 Å². The van der Waals surface area contributed by atoms with Crippen LogP contribution in [0.1, 0.15) is 5.69 Å². The fourth-order valence-electron chi connectivity index (χ4n) is 1.00. The lowest BCUT2D eigenvalue weighted by molar-refractivity contribution is 1.08. The molecule has 0 aliphatic heterocycles. The average molecular weight is 159 g/mol. The number of aryl methyl sites for hydroxylation is 1. The third kappa shape index (κ3) is 1.18. The van der Waals surface area contributed by atoms with Crippen LogP contribution < -0.4 is 0 Å². The molecule has 59 valence electrons. The van der Waals surface area contributed by atoms with Crippen molar-refractivity contribution in [1.29, 1.82) is 0 Å². The van der Waals surface area contributed by atoms with Crippen LogP contribution in [0, 0.1) is 13.3 Å². The Kier molecular flexibility index (Phi) is 1.59. The highest BCUT2D eigenvalue weighted by Gasteiger charge is 1.99. The molecule has 4 nitrogen and oxygen atoms in total. The summed E-state index contributed by atoms with van der Waals surface area (Å²) in [5.74, 6) is 0.723. The highest BCUT2D eigenvalue weighted by atomic mass is 15.2. The Bertz CT molecular complexity index is 366. The lowest BCUT2D eigenvalue weighted by Gasteiger charge is -1.95. The topological polar surface area (TPSA) is 54.5 Å². The zero-order valence-electron chi connectivity index (χ0n) is 6.57. The number of hydrogen-bond acceptors (Lipinski definition) is 3. The van der Waals surface area contributed by atoms with E-state index in [0.717, 1.165) is 17.1 Å². The first-order valence-electron chi connectivity index (χ1n) is 3.58.